The van der Waals surface area contributed by atoms with Gasteiger partial charge in [0.15, 0.2) is 0 Å². The quantitative estimate of drug-likeness (QED) is 0.790. The van der Waals surface area contributed by atoms with Gasteiger partial charge < -0.3 is 4.90 Å². The summed E-state index contributed by atoms with van der Waals surface area (Å²) in [7, 11) is 0. The van der Waals surface area contributed by atoms with Crippen LogP contribution in [-0.4, -0.2) is 33.3 Å². The van der Waals surface area contributed by atoms with Crippen LogP contribution in [0.4, 0.5) is 5.82 Å². The molecule has 4 heterocycles. The van der Waals surface area contributed by atoms with Gasteiger partial charge in [0.25, 0.3) is 0 Å². The van der Waals surface area contributed by atoms with E-state index in [1.54, 1.807) is 17.7 Å². The van der Waals surface area contributed by atoms with Crippen LogP contribution in [0, 0.1) is 6.92 Å². The molecule has 0 bridgehead atoms. The first-order valence-electron chi connectivity index (χ1n) is 7.26. The van der Waals surface area contributed by atoms with E-state index < -0.39 is 0 Å². The number of fused-ring (bicyclic) bond motifs is 1. The lowest BCUT2D eigenvalue weighted by Gasteiger charge is -2.33. The van der Waals surface area contributed by atoms with Gasteiger partial charge in [-0.1, -0.05) is 0 Å². The van der Waals surface area contributed by atoms with E-state index >= 15 is 0 Å². The molecule has 3 aromatic heterocycles. The first kappa shape index (κ1) is 12.8. The highest BCUT2D eigenvalue weighted by Gasteiger charge is 2.25. The van der Waals surface area contributed by atoms with Crippen LogP contribution in [0.3, 0.4) is 0 Å². The van der Waals surface area contributed by atoms with E-state index in [9.17, 15) is 0 Å². The van der Waals surface area contributed by atoms with E-state index in [0.717, 1.165) is 24.4 Å². The van der Waals surface area contributed by atoms with E-state index in [1.807, 2.05) is 6.20 Å². The lowest BCUT2D eigenvalue weighted by molar-refractivity contribution is 0.499. The normalized spacial score (nSPS) is 19.3. The number of nitrogens with one attached hydrogen (secondary N) is 1. The fourth-order valence-electron chi connectivity index (χ4n) is 3.10. The number of aryl methyl sites for hydroxylation is 1. The molecule has 5 nitrogen and oxygen atoms in total. The van der Waals surface area contributed by atoms with Crippen LogP contribution >= 0.6 is 11.3 Å². The Hall–Kier alpha value is -1.95. The van der Waals surface area contributed by atoms with Crippen LogP contribution in [0.1, 0.15) is 30.0 Å². The van der Waals surface area contributed by atoms with Gasteiger partial charge in [0.1, 0.15) is 12.1 Å². The molecule has 0 radical (unpaired) electrons. The maximum Gasteiger partial charge on any atom is 0.150 e. The van der Waals surface area contributed by atoms with Crippen molar-refractivity contribution in [3.8, 4) is 0 Å². The second-order valence-electron chi connectivity index (χ2n) is 5.59. The average Bonchev–Trinajstić information content (AvgIpc) is 3.18. The number of rotatable bonds is 2. The Morgan fingerprint density at radius 3 is 3.19 bits per heavy atom. The number of nitrogens with zero attached hydrogens (tertiary/aromatic N) is 4. The van der Waals surface area contributed by atoms with Gasteiger partial charge >= 0.3 is 0 Å². The third-order valence-electron chi connectivity index (χ3n) is 4.20. The Kier molecular flexibility index (Phi) is 3.11. The summed E-state index contributed by atoms with van der Waals surface area (Å²) in [6, 6.07) is 2.08. The van der Waals surface area contributed by atoms with Crippen molar-refractivity contribution in [1.82, 2.24) is 20.2 Å². The standard InChI is InChI=1S/C15H17N5S/c1-10-8-21-14-13(10)16-9-17-15(14)20-6-2-3-11(7-20)12-4-5-18-19-12/h4-5,8-9,11H,2-3,6-7H2,1H3,(H,18,19). The molecule has 1 saturated heterocycles. The van der Waals surface area contributed by atoms with E-state index in [4.69, 9.17) is 0 Å². The molecule has 0 spiro atoms. The SMILES string of the molecule is Cc1csc2c(N3CCCC(c4ccn[nH]4)C3)ncnc12. The highest BCUT2D eigenvalue weighted by molar-refractivity contribution is 7.18. The van der Waals surface area contributed by atoms with Gasteiger partial charge in [-0.25, -0.2) is 9.97 Å². The van der Waals surface area contributed by atoms with Crippen molar-refractivity contribution in [2.45, 2.75) is 25.7 Å². The zero-order valence-electron chi connectivity index (χ0n) is 11.9. The van der Waals surface area contributed by atoms with Crippen molar-refractivity contribution in [2.75, 3.05) is 18.0 Å². The highest BCUT2D eigenvalue weighted by Crippen LogP contribution is 2.34. The van der Waals surface area contributed by atoms with E-state index in [-0.39, 0.29) is 0 Å². The second-order valence-corrected chi connectivity index (χ2v) is 6.47. The van der Waals surface area contributed by atoms with Gasteiger partial charge in [-0.05, 0) is 36.8 Å². The van der Waals surface area contributed by atoms with Gasteiger partial charge in [0.2, 0.25) is 0 Å². The molecule has 0 saturated carbocycles. The van der Waals surface area contributed by atoms with Crippen molar-refractivity contribution >= 4 is 27.4 Å². The van der Waals surface area contributed by atoms with E-state index in [1.165, 1.54) is 28.8 Å². The van der Waals surface area contributed by atoms with Crippen molar-refractivity contribution in [2.24, 2.45) is 0 Å². The van der Waals surface area contributed by atoms with Gasteiger partial charge in [0.05, 0.1) is 10.2 Å². The third-order valence-corrected chi connectivity index (χ3v) is 5.28. The third kappa shape index (κ3) is 2.19. The molecule has 6 heteroatoms. The summed E-state index contributed by atoms with van der Waals surface area (Å²) < 4.78 is 1.21. The van der Waals surface area contributed by atoms with Gasteiger partial charge in [0, 0.05) is 30.9 Å². The number of thiophene rings is 1. The van der Waals surface area contributed by atoms with Crippen LogP contribution in [-0.2, 0) is 0 Å². The average molecular weight is 299 g/mol. The fraction of sp³-hybridized carbons (Fsp3) is 0.400. The van der Waals surface area contributed by atoms with Crippen LogP contribution in [0.2, 0.25) is 0 Å². The van der Waals surface area contributed by atoms with Crippen molar-refractivity contribution < 1.29 is 0 Å². The number of aromatic nitrogens is 4. The molecule has 108 valence electrons. The molecule has 4 rings (SSSR count). The van der Waals surface area contributed by atoms with Crippen LogP contribution in [0.5, 0.6) is 0 Å². The predicted octanol–water partition coefficient (Wildman–Crippen LogP) is 3.11. The van der Waals surface area contributed by atoms with Gasteiger partial charge in [-0.2, -0.15) is 5.10 Å². The minimum atomic E-state index is 0.507. The molecule has 1 aliphatic heterocycles. The molecule has 1 atom stereocenters. The molecule has 0 aromatic carbocycles. The minimum Gasteiger partial charge on any atom is -0.355 e. The maximum absolute atomic E-state index is 4.56. The summed E-state index contributed by atoms with van der Waals surface area (Å²) in [6.45, 7) is 4.16. The first-order chi connectivity index (χ1) is 10.3. The number of aromatic amines is 1. The molecular formula is C15H17N5S. The smallest absolute Gasteiger partial charge is 0.150 e. The lowest BCUT2D eigenvalue weighted by Crippen LogP contribution is -2.35. The molecule has 1 aliphatic rings. The van der Waals surface area contributed by atoms with Crippen molar-refractivity contribution in [3.63, 3.8) is 0 Å². The zero-order chi connectivity index (χ0) is 14.2. The second kappa shape index (κ2) is 5.11. The number of anilines is 1. The summed E-state index contributed by atoms with van der Waals surface area (Å²) in [4.78, 5) is 11.4. The molecule has 21 heavy (non-hydrogen) atoms. The molecule has 3 aromatic rings. The van der Waals surface area contributed by atoms with Gasteiger partial charge in [-0.15, -0.1) is 11.3 Å². The molecule has 0 amide bonds. The van der Waals surface area contributed by atoms with E-state index in [2.05, 4.69) is 43.4 Å². The Morgan fingerprint density at radius 2 is 2.33 bits per heavy atom. The lowest BCUT2D eigenvalue weighted by atomic mass is 9.95. The summed E-state index contributed by atoms with van der Waals surface area (Å²) in [5.74, 6) is 1.59. The van der Waals surface area contributed by atoms with Crippen LogP contribution in [0.15, 0.2) is 24.0 Å². The molecule has 1 fully saturated rings. The van der Waals surface area contributed by atoms with Crippen molar-refractivity contribution in [1.29, 1.82) is 0 Å². The number of hydrogen-bond acceptors (Lipinski definition) is 5. The highest BCUT2D eigenvalue weighted by atomic mass is 32.1. The Balaban J connectivity index is 1.68. The van der Waals surface area contributed by atoms with Crippen LogP contribution in [0.25, 0.3) is 10.2 Å². The summed E-state index contributed by atoms with van der Waals surface area (Å²) in [6.07, 6.45) is 5.91. The Morgan fingerprint density at radius 1 is 1.38 bits per heavy atom. The first-order valence-corrected chi connectivity index (χ1v) is 8.14. The summed E-state index contributed by atoms with van der Waals surface area (Å²) >= 11 is 1.75. The number of piperidine rings is 1. The fourth-order valence-corrected chi connectivity index (χ4v) is 4.12. The largest absolute Gasteiger partial charge is 0.355 e. The van der Waals surface area contributed by atoms with Gasteiger partial charge in [-0.3, -0.25) is 5.10 Å². The van der Waals surface area contributed by atoms with E-state index in [0.29, 0.717) is 5.92 Å². The molecule has 0 aliphatic carbocycles. The Labute approximate surface area is 127 Å². The molecule has 1 unspecified atom stereocenters. The molecular weight excluding hydrogens is 282 g/mol. The van der Waals surface area contributed by atoms with Crippen LogP contribution < -0.4 is 4.90 Å². The van der Waals surface area contributed by atoms with Crippen molar-refractivity contribution in [3.05, 3.63) is 35.2 Å². The minimum absolute atomic E-state index is 0.507. The predicted molar refractivity (Wildman–Crippen MR) is 84.9 cm³/mol. The topological polar surface area (TPSA) is 57.7 Å². The summed E-state index contributed by atoms with van der Waals surface area (Å²) in [5.41, 5.74) is 3.56. The Bertz CT molecular complexity index is 749. The zero-order valence-corrected chi connectivity index (χ0v) is 12.7. The molecule has 1 N–H and O–H groups in total. The number of hydrogen-bond donors (Lipinski definition) is 1. The maximum atomic E-state index is 4.56. The monoisotopic (exact) mass is 299 g/mol. The number of H-pyrrole nitrogens is 1. The summed E-state index contributed by atoms with van der Waals surface area (Å²) in [5, 5.41) is 9.36.